The summed E-state index contributed by atoms with van der Waals surface area (Å²) in [4.78, 5) is 22.1. The summed E-state index contributed by atoms with van der Waals surface area (Å²) in [5.74, 6) is 1.52. The van der Waals surface area contributed by atoms with E-state index in [1.807, 2.05) is 29.8 Å². The number of fused-ring (bicyclic) bond motifs is 4. The van der Waals surface area contributed by atoms with Gasteiger partial charge in [0.25, 0.3) is 5.56 Å². The molecular formula is C23H24N6O2. The summed E-state index contributed by atoms with van der Waals surface area (Å²) in [5, 5.41) is 13.1. The molecule has 8 heteroatoms. The molecular weight excluding hydrogens is 392 g/mol. The van der Waals surface area contributed by atoms with Crippen molar-refractivity contribution in [3.05, 3.63) is 75.7 Å². The summed E-state index contributed by atoms with van der Waals surface area (Å²) in [6.07, 6.45) is 4.34. The third-order valence-electron chi connectivity index (χ3n) is 6.25. The first-order valence-corrected chi connectivity index (χ1v) is 10.5. The summed E-state index contributed by atoms with van der Waals surface area (Å²) in [5.41, 5.74) is 3.48. The fraction of sp³-hybridized carbons (Fsp3) is 0.391. The van der Waals surface area contributed by atoms with Crippen LogP contribution in [0.2, 0.25) is 0 Å². The number of nitriles is 1. The molecule has 158 valence electrons. The summed E-state index contributed by atoms with van der Waals surface area (Å²) >= 11 is 0. The highest BCUT2D eigenvalue weighted by Crippen LogP contribution is 2.36. The second kappa shape index (κ2) is 8.00. The molecule has 3 aromatic rings. The lowest BCUT2D eigenvalue weighted by Crippen LogP contribution is -2.48. The highest BCUT2D eigenvalue weighted by atomic mass is 16.5. The van der Waals surface area contributed by atoms with Gasteiger partial charge < -0.3 is 14.0 Å². The lowest BCUT2D eigenvalue weighted by molar-refractivity contribution is 0.274. The highest BCUT2D eigenvalue weighted by molar-refractivity contribution is 5.46. The lowest BCUT2D eigenvalue weighted by Gasteiger charge is -2.43. The molecule has 2 atom stereocenters. The molecule has 1 saturated heterocycles. The van der Waals surface area contributed by atoms with Gasteiger partial charge in [0.1, 0.15) is 12.1 Å². The minimum Gasteiger partial charge on any atom is -0.364 e. The SMILES string of the molecule is CN(Cc1ccon1)Cc1ccc2n(c1=O)C[C@H]1C[C@@H]2CN(c2cc(C#N)ccn2)C1. The number of nitrogens with zero attached hydrogens (tertiary/aromatic N) is 6. The van der Waals surface area contributed by atoms with Crippen molar-refractivity contribution in [3.63, 3.8) is 0 Å². The van der Waals surface area contributed by atoms with Crippen molar-refractivity contribution in [2.24, 2.45) is 5.92 Å². The second-order valence-electron chi connectivity index (χ2n) is 8.58. The van der Waals surface area contributed by atoms with E-state index in [2.05, 4.69) is 32.1 Å². The number of rotatable bonds is 5. The van der Waals surface area contributed by atoms with E-state index in [1.54, 1.807) is 18.5 Å². The first-order valence-electron chi connectivity index (χ1n) is 10.5. The van der Waals surface area contributed by atoms with Gasteiger partial charge in [-0.3, -0.25) is 9.69 Å². The van der Waals surface area contributed by atoms with Gasteiger partial charge in [-0.05, 0) is 37.6 Å². The summed E-state index contributed by atoms with van der Waals surface area (Å²) in [6.45, 7) is 3.58. The van der Waals surface area contributed by atoms with E-state index >= 15 is 0 Å². The summed E-state index contributed by atoms with van der Waals surface area (Å²) in [7, 11) is 1.98. The largest absolute Gasteiger partial charge is 0.364 e. The Kier molecular flexibility index (Phi) is 5.04. The van der Waals surface area contributed by atoms with Crippen LogP contribution in [-0.2, 0) is 19.6 Å². The van der Waals surface area contributed by atoms with Gasteiger partial charge >= 0.3 is 0 Å². The van der Waals surface area contributed by atoms with E-state index in [0.29, 0.717) is 24.6 Å². The topological polar surface area (TPSA) is 91.2 Å². The molecule has 0 radical (unpaired) electrons. The summed E-state index contributed by atoms with van der Waals surface area (Å²) < 4.78 is 6.87. The molecule has 0 N–H and O–H groups in total. The molecule has 31 heavy (non-hydrogen) atoms. The molecule has 0 aromatic carbocycles. The third kappa shape index (κ3) is 3.84. The van der Waals surface area contributed by atoms with E-state index in [-0.39, 0.29) is 11.5 Å². The van der Waals surface area contributed by atoms with Crippen LogP contribution in [0, 0.1) is 17.2 Å². The van der Waals surface area contributed by atoms with Crippen molar-refractivity contribution in [1.82, 2.24) is 19.6 Å². The summed E-state index contributed by atoms with van der Waals surface area (Å²) in [6, 6.07) is 11.7. The first-order chi connectivity index (χ1) is 15.1. The molecule has 5 heterocycles. The molecule has 0 unspecified atom stereocenters. The average molecular weight is 416 g/mol. The maximum Gasteiger partial charge on any atom is 0.255 e. The van der Waals surface area contributed by atoms with Crippen LogP contribution in [0.25, 0.3) is 0 Å². The van der Waals surface area contributed by atoms with Gasteiger partial charge in [-0.25, -0.2) is 4.98 Å². The van der Waals surface area contributed by atoms with Crippen LogP contribution < -0.4 is 10.5 Å². The van der Waals surface area contributed by atoms with Gasteiger partial charge in [0.15, 0.2) is 0 Å². The fourth-order valence-electron chi connectivity index (χ4n) is 4.90. The van der Waals surface area contributed by atoms with Crippen molar-refractivity contribution in [1.29, 1.82) is 5.26 Å². The van der Waals surface area contributed by atoms with Crippen LogP contribution >= 0.6 is 0 Å². The number of aromatic nitrogens is 3. The van der Waals surface area contributed by atoms with Crippen LogP contribution in [0.4, 0.5) is 5.82 Å². The maximum atomic E-state index is 13.3. The number of hydrogen-bond acceptors (Lipinski definition) is 7. The third-order valence-corrected chi connectivity index (χ3v) is 6.25. The molecule has 1 fully saturated rings. The normalized spacial score (nSPS) is 19.8. The Hall–Kier alpha value is -3.44. The molecule has 2 bridgehead atoms. The number of pyridine rings is 2. The van der Waals surface area contributed by atoms with Gasteiger partial charge in [-0.2, -0.15) is 5.26 Å². The highest BCUT2D eigenvalue weighted by Gasteiger charge is 2.35. The van der Waals surface area contributed by atoms with E-state index in [4.69, 9.17) is 4.52 Å². The zero-order valence-corrected chi connectivity index (χ0v) is 17.4. The number of piperidine rings is 1. The van der Waals surface area contributed by atoms with E-state index < -0.39 is 0 Å². The number of anilines is 1. The van der Waals surface area contributed by atoms with Gasteiger partial charge in [-0.15, -0.1) is 0 Å². The predicted octanol–water partition coefficient (Wildman–Crippen LogP) is 2.36. The van der Waals surface area contributed by atoms with E-state index in [9.17, 15) is 10.1 Å². The van der Waals surface area contributed by atoms with Crippen LogP contribution in [0.1, 0.15) is 34.9 Å². The molecule has 2 aliphatic heterocycles. The van der Waals surface area contributed by atoms with Crippen molar-refractivity contribution >= 4 is 5.82 Å². The predicted molar refractivity (Wildman–Crippen MR) is 114 cm³/mol. The average Bonchev–Trinajstić information content (AvgIpc) is 3.29. The zero-order chi connectivity index (χ0) is 21.4. The lowest BCUT2D eigenvalue weighted by atomic mass is 9.83. The van der Waals surface area contributed by atoms with Crippen LogP contribution in [-0.4, -0.2) is 39.7 Å². The molecule has 2 aliphatic rings. The Morgan fingerprint density at radius 3 is 2.94 bits per heavy atom. The van der Waals surface area contributed by atoms with Crippen molar-refractivity contribution < 1.29 is 4.52 Å². The monoisotopic (exact) mass is 416 g/mol. The Labute approximate surface area is 180 Å². The van der Waals surface area contributed by atoms with Gasteiger partial charge in [0.05, 0.1) is 17.3 Å². The maximum absolute atomic E-state index is 13.3. The van der Waals surface area contributed by atoms with E-state index in [1.165, 1.54) is 0 Å². The second-order valence-corrected chi connectivity index (χ2v) is 8.58. The van der Waals surface area contributed by atoms with Crippen LogP contribution in [0.15, 0.2) is 52.1 Å². The molecule has 0 saturated carbocycles. The smallest absolute Gasteiger partial charge is 0.255 e. The fourth-order valence-corrected chi connectivity index (χ4v) is 4.90. The Morgan fingerprint density at radius 1 is 1.23 bits per heavy atom. The van der Waals surface area contributed by atoms with Crippen molar-refractivity contribution in [2.75, 3.05) is 25.0 Å². The van der Waals surface area contributed by atoms with Gasteiger partial charge in [0.2, 0.25) is 0 Å². The molecule has 0 aliphatic carbocycles. The molecule has 0 spiro atoms. The van der Waals surface area contributed by atoms with Gasteiger partial charge in [-0.1, -0.05) is 11.2 Å². The Balaban J connectivity index is 1.36. The minimum absolute atomic E-state index is 0.109. The van der Waals surface area contributed by atoms with Gasteiger partial charge in [0, 0.05) is 62.2 Å². The van der Waals surface area contributed by atoms with Crippen LogP contribution in [0.3, 0.4) is 0 Å². The zero-order valence-electron chi connectivity index (χ0n) is 17.4. The quantitative estimate of drug-likeness (QED) is 0.630. The Morgan fingerprint density at radius 2 is 2.13 bits per heavy atom. The number of hydrogen-bond donors (Lipinski definition) is 0. The standard InChI is InChI=1S/C23H24N6O2/c1-27(15-20-5-7-31-26-20)13-18-2-3-21-19-8-17(12-29(21)23(18)30)11-28(14-19)22-9-16(10-24)4-6-25-22/h2-7,9,17,19H,8,11-15H2,1H3/t17-,19+/m0/s1. The van der Waals surface area contributed by atoms with Crippen molar-refractivity contribution in [3.8, 4) is 6.07 Å². The first kappa shape index (κ1) is 19.5. The minimum atomic E-state index is 0.109. The van der Waals surface area contributed by atoms with Crippen molar-refractivity contribution in [2.45, 2.75) is 32.0 Å². The van der Waals surface area contributed by atoms with E-state index in [0.717, 1.165) is 48.8 Å². The Bertz CT molecular complexity index is 1180. The molecule has 3 aromatic heterocycles. The van der Waals surface area contributed by atoms with Crippen LogP contribution in [0.5, 0.6) is 0 Å². The molecule has 0 amide bonds. The molecule has 8 nitrogen and oxygen atoms in total. The molecule has 5 rings (SSSR count).